The molecule has 1 aromatic rings. The van der Waals surface area contributed by atoms with Gasteiger partial charge < -0.3 is 0 Å². The van der Waals surface area contributed by atoms with Gasteiger partial charge in [0.25, 0.3) is 0 Å². The van der Waals surface area contributed by atoms with Crippen molar-refractivity contribution in [3.63, 3.8) is 0 Å². The lowest BCUT2D eigenvalue weighted by Crippen LogP contribution is -2.10. The van der Waals surface area contributed by atoms with E-state index in [9.17, 15) is 0 Å². The van der Waals surface area contributed by atoms with E-state index in [4.69, 9.17) is 0 Å². The first-order valence-electron chi connectivity index (χ1n) is 6.51. The Morgan fingerprint density at radius 1 is 1.31 bits per heavy atom. The molecule has 1 heterocycles. The van der Waals surface area contributed by atoms with Crippen LogP contribution in [0.4, 0.5) is 0 Å². The zero-order chi connectivity index (χ0) is 11.2. The summed E-state index contributed by atoms with van der Waals surface area (Å²) >= 11 is 5.72. The van der Waals surface area contributed by atoms with Gasteiger partial charge in [0.1, 0.15) is 0 Å². The predicted molar refractivity (Wildman–Crippen MR) is 76.5 cm³/mol. The average Bonchev–Trinajstić information content (AvgIpc) is 2.81. The quantitative estimate of drug-likeness (QED) is 0.637. The predicted octanol–water partition coefficient (Wildman–Crippen LogP) is 5.41. The van der Waals surface area contributed by atoms with Gasteiger partial charge in [-0.3, -0.25) is 0 Å². The summed E-state index contributed by atoms with van der Waals surface area (Å²) in [5, 5.41) is 2.18. The molecule has 1 aliphatic carbocycles. The normalized spacial score (nSPS) is 19.8. The van der Waals surface area contributed by atoms with E-state index in [1.807, 2.05) is 11.3 Å². The van der Waals surface area contributed by atoms with E-state index in [1.165, 1.54) is 56.2 Å². The summed E-state index contributed by atoms with van der Waals surface area (Å²) in [5.74, 6) is 1.03. The Bertz CT molecular complexity index is 275. The number of alkyl halides is 1. The van der Waals surface area contributed by atoms with Crippen LogP contribution in [0.3, 0.4) is 0 Å². The SMILES string of the molecule is BrC(CCC1CCCCC1)Cc1cccs1. The summed E-state index contributed by atoms with van der Waals surface area (Å²) in [4.78, 5) is 2.21. The number of halogens is 1. The molecule has 0 bridgehead atoms. The maximum atomic E-state index is 3.83. The van der Waals surface area contributed by atoms with E-state index in [-0.39, 0.29) is 0 Å². The van der Waals surface area contributed by atoms with Crippen molar-refractivity contribution in [2.24, 2.45) is 5.92 Å². The molecule has 0 saturated heterocycles. The van der Waals surface area contributed by atoms with Crippen LogP contribution in [-0.4, -0.2) is 4.83 Å². The summed E-state index contributed by atoms with van der Waals surface area (Å²) in [7, 11) is 0. The Balaban J connectivity index is 1.65. The fraction of sp³-hybridized carbons (Fsp3) is 0.714. The summed E-state index contributed by atoms with van der Waals surface area (Å²) in [6.07, 6.45) is 11.4. The molecule has 1 aromatic heterocycles. The average molecular weight is 301 g/mol. The maximum absolute atomic E-state index is 3.83. The van der Waals surface area contributed by atoms with Crippen molar-refractivity contribution in [3.05, 3.63) is 22.4 Å². The minimum absolute atomic E-state index is 0.688. The van der Waals surface area contributed by atoms with Crippen molar-refractivity contribution < 1.29 is 0 Å². The molecular weight excluding hydrogens is 280 g/mol. The second-order valence-electron chi connectivity index (χ2n) is 4.96. The molecule has 1 unspecified atom stereocenters. The van der Waals surface area contributed by atoms with Gasteiger partial charge in [-0.25, -0.2) is 0 Å². The lowest BCUT2D eigenvalue weighted by Gasteiger charge is -2.22. The second kappa shape index (κ2) is 6.80. The van der Waals surface area contributed by atoms with Crippen LogP contribution in [0.15, 0.2) is 17.5 Å². The highest BCUT2D eigenvalue weighted by molar-refractivity contribution is 9.09. The molecule has 16 heavy (non-hydrogen) atoms. The van der Waals surface area contributed by atoms with Crippen LogP contribution in [0.25, 0.3) is 0 Å². The molecule has 2 rings (SSSR count). The smallest absolute Gasteiger partial charge is 0.0194 e. The number of thiophene rings is 1. The fourth-order valence-corrected chi connectivity index (χ4v) is 4.26. The molecule has 1 aliphatic rings. The maximum Gasteiger partial charge on any atom is 0.0194 e. The third-order valence-electron chi connectivity index (χ3n) is 3.62. The monoisotopic (exact) mass is 300 g/mol. The Morgan fingerprint density at radius 2 is 2.12 bits per heavy atom. The summed E-state index contributed by atoms with van der Waals surface area (Å²) in [6.45, 7) is 0. The summed E-state index contributed by atoms with van der Waals surface area (Å²) in [6, 6.07) is 4.40. The molecule has 1 fully saturated rings. The molecule has 0 spiro atoms. The van der Waals surface area contributed by atoms with Crippen molar-refractivity contribution in [2.75, 3.05) is 0 Å². The summed E-state index contributed by atoms with van der Waals surface area (Å²) < 4.78 is 0. The van der Waals surface area contributed by atoms with E-state index >= 15 is 0 Å². The zero-order valence-electron chi connectivity index (χ0n) is 9.83. The van der Waals surface area contributed by atoms with Crippen molar-refractivity contribution in [2.45, 2.75) is 56.2 Å². The van der Waals surface area contributed by atoms with Gasteiger partial charge in [-0.2, -0.15) is 0 Å². The summed E-state index contributed by atoms with van der Waals surface area (Å²) in [5.41, 5.74) is 0. The van der Waals surface area contributed by atoms with Crippen molar-refractivity contribution >= 4 is 27.3 Å². The van der Waals surface area contributed by atoms with E-state index in [2.05, 4.69) is 33.4 Å². The first-order chi connectivity index (χ1) is 7.84. The van der Waals surface area contributed by atoms with E-state index in [0.717, 1.165) is 5.92 Å². The molecule has 1 saturated carbocycles. The van der Waals surface area contributed by atoms with Crippen LogP contribution in [0.5, 0.6) is 0 Å². The lowest BCUT2D eigenvalue weighted by molar-refractivity contribution is 0.332. The first kappa shape index (κ1) is 12.6. The first-order valence-corrected chi connectivity index (χ1v) is 8.30. The van der Waals surface area contributed by atoms with Crippen molar-refractivity contribution in [3.8, 4) is 0 Å². The van der Waals surface area contributed by atoms with Crippen molar-refractivity contribution in [1.82, 2.24) is 0 Å². The number of rotatable bonds is 5. The van der Waals surface area contributed by atoms with Crippen molar-refractivity contribution in [1.29, 1.82) is 0 Å². The van der Waals surface area contributed by atoms with Gasteiger partial charge in [-0.15, -0.1) is 11.3 Å². The van der Waals surface area contributed by atoms with E-state index in [0.29, 0.717) is 4.83 Å². The highest BCUT2D eigenvalue weighted by Gasteiger charge is 2.15. The van der Waals surface area contributed by atoms with Crippen LogP contribution in [0.1, 0.15) is 49.8 Å². The van der Waals surface area contributed by atoms with Gasteiger partial charge >= 0.3 is 0 Å². The van der Waals surface area contributed by atoms with Crippen LogP contribution in [-0.2, 0) is 6.42 Å². The van der Waals surface area contributed by atoms with Gasteiger partial charge in [0.2, 0.25) is 0 Å². The molecule has 0 nitrogen and oxygen atoms in total. The standard InChI is InChI=1S/C14H21BrS/c15-13(11-14-7-4-10-16-14)9-8-12-5-2-1-3-6-12/h4,7,10,12-13H,1-3,5-6,8-9,11H2. The van der Waals surface area contributed by atoms with Crippen LogP contribution >= 0.6 is 27.3 Å². The Kier molecular flexibility index (Phi) is 5.37. The van der Waals surface area contributed by atoms with Crippen LogP contribution in [0.2, 0.25) is 0 Å². The number of hydrogen-bond donors (Lipinski definition) is 0. The largest absolute Gasteiger partial charge is 0.149 e. The fourth-order valence-electron chi connectivity index (χ4n) is 2.64. The number of hydrogen-bond acceptors (Lipinski definition) is 1. The molecule has 90 valence electrons. The van der Waals surface area contributed by atoms with E-state index < -0.39 is 0 Å². The highest BCUT2D eigenvalue weighted by Crippen LogP contribution is 2.29. The van der Waals surface area contributed by atoms with Gasteiger partial charge in [0.05, 0.1) is 0 Å². The van der Waals surface area contributed by atoms with Gasteiger partial charge in [0, 0.05) is 9.70 Å². The molecule has 0 aliphatic heterocycles. The third kappa shape index (κ3) is 4.21. The molecule has 1 atom stereocenters. The Morgan fingerprint density at radius 3 is 2.81 bits per heavy atom. The third-order valence-corrected chi connectivity index (χ3v) is 5.30. The van der Waals surface area contributed by atoms with Crippen LogP contribution < -0.4 is 0 Å². The molecule has 2 heteroatoms. The van der Waals surface area contributed by atoms with Gasteiger partial charge in [-0.05, 0) is 36.6 Å². The Hall–Kier alpha value is 0.180. The Labute approximate surface area is 112 Å². The molecule has 0 N–H and O–H groups in total. The van der Waals surface area contributed by atoms with Crippen LogP contribution in [0, 0.1) is 5.92 Å². The lowest BCUT2D eigenvalue weighted by atomic mass is 9.85. The van der Waals surface area contributed by atoms with E-state index in [1.54, 1.807) is 0 Å². The molecule has 0 amide bonds. The molecule has 0 aromatic carbocycles. The van der Waals surface area contributed by atoms with Gasteiger partial charge in [-0.1, -0.05) is 54.1 Å². The minimum atomic E-state index is 0.688. The molecular formula is C14H21BrS. The minimum Gasteiger partial charge on any atom is -0.149 e. The zero-order valence-corrected chi connectivity index (χ0v) is 12.2. The second-order valence-corrected chi connectivity index (χ2v) is 7.29. The topological polar surface area (TPSA) is 0 Å². The van der Waals surface area contributed by atoms with Gasteiger partial charge in [0.15, 0.2) is 0 Å². The highest BCUT2D eigenvalue weighted by atomic mass is 79.9. The molecule has 0 radical (unpaired) electrons.